The topological polar surface area (TPSA) is 52.9 Å². The third kappa shape index (κ3) is 11.2. The third-order valence-electron chi connectivity index (χ3n) is 5.14. The summed E-state index contributed by atoms with van der Waals surface area (Å²) < 4.78 is 0. The summed E-state index contributed by atoms with van der Waals surface area (Å²) in [5.74, 6) is 0. The van der Waals surface area contributed by atoms with Gasteiger partial charge in [-0.25, -0.2) is 0 Å². The Morgan fingerprint density at radius 3 is 1.41 bits per heavy atom. The van der Waals surface area contributed by atoms with Crippen molar-refractivity contribution in [1.29, 1.82) is 0 Å². The van der Waals surface area contributed by atoms with Crippen LogP contribution in [0.15, 0.2) is 46.6 Å². The molecule has 0 N–H and O–H groups in total. The van der Waals surface area contributed by atoms with Gasteiger partial charge in [-0.3, -0.25) is 9.98 Å². The first-order valence-electron chi connectivity index (χ1n) is 10.5. The average molecular weight is 469 g/mol. The molecule has 0 amide bonds. The van der Waals surface area contributed by atoms with Crippen LogP contribution in [0.3, 0.4) is 0 Å². The molecule has 0 aromatic carbocycles. The molecular formula is C22H30Cl2N4Ti-2. The molecule has 0 atom stereocenters. The zero-order chi connectivity index (χ0) is 20.6. The van der Waals surface area contributed by atoms with Crippen LogP contribution in [0.5, 0.6) is 0 Å². The van der Waals surface area contributed by atoms with E-state index in [1.54, 1.807) is 0 Å². The second kappa shape index (κ2) is 16.0. The van der Waals surface area contributed by atoms with E-state index < -0.39 is 17.0 Å². The van der Waals surface area contributed by atoms with E-state index >= 15 is 0 Å². The first-order valence-corrected chi connectivity index (χ1v) is 14.8. The molecule has 0 spiro atoms. The molecule has 0 unspecified atom stereocenters. The molecule has 2 fully saturated rings. The number of hydrogen-bond donors (Lipinski definition) is 0. The van der Waals surface area contributed by atoms with E-state index in [9.17, 15) is 0 Å². The van der Waals surface area contributed by atoms with Crippen molar-refractivity contribution >= 4 is 31.0 Å². The van der Waals surface area contributed by atoms with Gasteiger partial charge in [-0.2, -0.15) is 12.4 Å². The Balaban J connectivity index is 0.000000183. The van der Waals surface area contributed by atoms with E-state index in [2.05, 4.69) is 20.0 Å². The number of nitrogens with zero attached hydrogens (tertiary/aromatic N) is 4. The standard InChI is InChI=1S/2C11H15N2.2ClH.Ti/c2*1-2-5-10(6-3-1)13-9-11-7-4-8-12-11;;;/h2*4,7-10H,1-3,5-6H2;2*1H;/q2*-1;;;+2/p-2. The van der Waals surface area contributed by atoms with E-state index in [1.807, 2.05) is 49.1 Å². The van der Waals surface area contributed by atoms with Crippen LogP contribution in [0.4, 0.5) is 0 Å². The zero-order valence-corrected chi connectivity index (χ0v) is 20.0. The van der Waals surface area contributed by atoms with Crippen LogP contribution in [-0.2, 0) is 17.0 Å². The zero-order valence-electron chi connectivity index (χ0n) is 16.9. The van der Waals surface area contributed by atoms with Gasteiger partial charge in [0.25, 0.3) is 0 Å². The van der Waals surface area contributed by atoms with Gasteiger partial charge in [0.2, 0.25) is 0 Å². The van der Waals surface area contributed by atoms with Crippen molar-refractivity contribution in [3.63, 3.8) is 0 Å². The Kier molecular flexibility index (Phi) is 13.5. The van der Waals surface area contributed by atoms with Gasteiger partial charge in [0, 0.05) is 24.5 Å². The summed E-state index contributed by atoms with van der Waals surface area (Å²) in [5, 5.41) is 0. The van der Waals surface area contributed by atoms with E-state index in [4.69, 9.17) is 18.6 Å². The molecule has 2 aliphatic carbocycles. The monoisotopic (exact) mass is 468 g/mol. The summed E-state index contributed by atoms with van der Waals surface area (Å²) >= 11 is -0.556. The average Bonchev–Trinajstić information content (AvgIpc) is 3.48. The Labute approximate surface area is 191 Å². The Bertz CT molecular complexity index is 601. The summed E-state index contributed by atoms with van der Waals surface area (Å²) in [5.41, 5.74) is 1.98. The summed E-state index contributed by atoms with van der Waals surface area (Å²) in [6.45, 7) is 0. The third-order valence-corrected chi connectivity index (χ3v) is 5.14. The first kappa shape index (κ1) is 24.5. The van der Waals surface area contributed by atoms with Crippen molar-refractivity contribution in [3.05, 3.63) is 48.0 Å². The molecule has 0 saturated heterocycles. The van der Waals surface area contributed by atoms with Gasteiger partial charge in [-0.15, -0.1) is 11.4 Å². The molecule has 0 bridgehead atoms. The second-order valence-corrected chi connectivity index (χ2v) is 9.91. The number of hydrogen-bond acceptors (Lipinski definition) is 2. The van der Waals surface area contributed by atoms with Gasteiger partial charge in [-0.05, 0) is 25.7 Å². The van der Waals surface area contributed by atoms with Crippen LogP contribution in [0.2, 0.25) is 0 Å². The molecule has 0 radical (unpaired) electrons. The van der Waals surface area contributed by atoms with Gasteiger partial charge in [-0.1, -0.05) is 62.8 Å². The van der Waals surface area contributed by atoms with Crippen LogP contribution in [0.1, 0.15) is 75.6 Å². The molecule has 2 aromatic heterocycles. The normalized spacial score (nSPS) is 18.1. The minimum atomic E-state index is -0.556. The van der Waals surface area contributed by atoms with E-state index in [-0.39, 0.29) is 0 Å². The fraction of sp³-hybridized carbons (Fsp3) is 0.545. The van der Waals surface area contributed by atoms with Gasteiger partial charge >= 0.3 is 35.6 Å². The van der Waals surface area contributed by atoms with Crippen molar-refractivity contribution in [2.24, 2.45) is 9.98 Å². The molecule has 4 nitrogen and oxygen atoms in total. The molecule has 29 heavy (non-hydrogen) atoms. The van der Waals surface area contributed by atoms with Crippen molar-refractivity contribution in [2.75, 3.05) is 0 Å². The molecular weight excluding hydrogens is 439 g/mol. The predicted octanol–water partition coefficient (Wildman–Crippen LogP) is 6.17. The molecule has 2 aliphatic rings. The molecule has 2 aromatic rings. The van der Waals surface area contributed by atoms with E-state index in [0.29, 0.717) is 12.1 Å². The predicted molar refractivity (Wildman–Crippen MR) is 120 cm³/mol. The Morgan fingerprint density at radius 1 is 0.724 bits per heavy atom. The van der Waals surface area contributed by atoms with E-state index in [1.165, 1.54) is 64.2 Å². The molecule has 2 heterocycles. The second-order valence-electron chi connectivity index (χ2n) is 7.34. The Morgan fingerprint density at radius 2 is 1.10 bits per heavy atom. The van der Waals surface area contributed by atoms with Crippen molar-refractivity contribution in [2.45, 2.75) is 76.3 Å². The van der Waals surface area contributed by atoms with Gasteiger partial charge < -0.3 is 9.97 Å². The number of rotatable bonds is 4. The quantitative estimate of drug-likeness (QED) is 0.398. The van der Waals surface area contributed by atoms with E-state index in [0.717, 1.165) is 11.4 Å². The van der Waals surface area contributed by atoms with Crippen molar-refractivity contribution in [1.82, 2.24) is 9.97 Å². The summed E-state index contributed by atoms with van der Waals surface area (Å²) in [7, 11) is 9.78. The fourth-order valence-electron chi connectivity index (χ4n) is 3.60. The fourth-order valence-corrected chi connectivity index (χ4v) is 3.60. The van der Waals surface area contributed by atoms with Crippen molar-refractivity contribution in [3.8, 4) is 0 Å². The summed E-state index contributed by atoms with van der Waals surface area (Å²) in [6.07, 6.45) is 20.6. The molecule has 2 saturated carbocycles. The van der Waals surface area contributed by atoms with Gasteiger partial charge in [0.1, 0.15) is 0 Å². The maximum atomic E-state index is 4.89. The summed E-state index contributed by atoms with van der Waals surface area (Å²) in [6, 6.07) is 9.00. The van der Waals surface area contributed by atoms with Gasteiger partial charge in [0.05, 0.1) is 0 Å². The first-order chi connectivity index (χ1) is 14.3. The number of aliphatic imine (C=N–C) groups is 2. The molecule has 7 heteroatoms. The SMILES string of the molecule is C(=NC1CCCCC1)c1ccc[n-]1.C(=NC1CCCCC1)c1ccc[n-]1.[Cl][Ti][Cl]. The van der Waals surface area contributed by atoms with Crippen LogP contribution in [-0.4, -0.2) is 24.5 Å². The van der Waals surface area contributed by atoms with Gasteiger partial charge in [0.15, 0.2) is 0 Å². The van der Waals surface area contributed by atoms with Crippen LogP contribution in [0.25, 0.3) is 0 Å². The number of halogens is 2. The molecule has 158 valence electrons. The Hall–Kier alpha value is -0.806. The summed E-state index contributed by atoms with van der Waals surface area (Å²) in [4.78, 5) is 17.4. The number of aromatic nitrogens is 2. The van der Waals surface area contributed by atoms with Crippen LogP contribution < -0.4 is 9.97 Å². The minimum absolute atomic E-state index is 0.556. The van der Waals surface area contributed by atoms with Crippen LogP contribution >= 0.6 is 18.6 Å². The molecule has 4 rings (SSSR count). The maximum absolute atomic E-state index is 4.89. The van der Waals surface area contributed by atoms with Crippen molar-refractivity contribution < 1.29 is 17.0 Å². The molecule has 0 aliphatic heterocycles. The van der Waals surface area contributed by atoms with Crippen LogP contribution in [0, 0.1) is 0 Å².